The smallest absolute Gasteiger partial charge is 0.261 e. The van der Waals surface area contributed by atoms with E-state index in [1.54, 1.807) is 48.5 Å². The summed E-state index contributed by atoms with van der Waals surface area (Å²) in [4.78, 5) is 10.5. The van der Waals surface area contributed by atoms with Crippen LogP contribution in [0.15, 0.2) is 53.4 Å². The van der Waals surface area contributed by atoms with Crippen molar-refractivity contribution in [3.05, 3.63) is 69.8 Å². The van der Waals surface area contributed by atoms with Crippen molar-refractivity contribution in [3.63, 3.8) is 0 Å². The Hall–Kier alpha value is -2.41. The molecule has 1 atom stereocenters. The number of nitro groups is 1. The second-order valence-electron chi connectivity index (χ2n) is 5.45. The molecule has 0 saturated heterocycles. The van der Waals surface area contributed by atoms with E-state index in [1.165, 1.54) is 6.92 Å². The second kappa shape index (κ2) is 6.78. The van der Waals surface area contributed by atoms with Crippen LogP contribution in [0.2, 0.25) is 0 Å². The topological polar surface area (TPSA) is 89.3 Å². The minimum Gasteiger partial charge on any atom is -0.280 e. The van der Waals surface area contributed by atoms with E-state index < -0.39 is 16.1 Å². The summed E-state index contributed by atoms with van der Waals surface area (Å²) >= 11 is 0. The molecular formula is C16H18N2O4S. The maximum absolute atomic E-state index is 12.3. The van der Waals surface area contributed by atoms with Gasteiger partial charge in [0.1, 0.15) is 0 Å². The summed E-state index contributed by atoms with van der Waals surface area (Å²) in [5.74, 6) is 0. The molecule has 0 radical (unpaired) electrons. The number of sulfonamides is 1. The van der Waals surface area contributed by atoms with E-state index in [4.69, 9.17) is 0 Å². The quantitative estimate of drug-likeness (QED) is 0.649. The highest BCUT2D eigenvalue weighted by molar-refractivity contribution is 7.92. The van der Waals surface area contributed by atoms with Gasteiger partial charge in [-0.3, -0.25) is 14.8 Å². The number of nitrogens with zero attached hydrogens (tertiary/aromatic N) is 1. The first kappa shape index (κ1) is 17.0. The van der Waals surface area contributed by atoms with Crippen molar-refractivity contribution in [1.82, 2.24) is 0 Å². The lowest BCUT2D eigenvalue weighted by molar-refractivity contribution is -0.517. The first-order valence-corrected chi connectivity index (χ1v) is 8.58. The summed E-state index contributed by atoms with van der Waals surface area (Å²) in [6.07, 6.45) is 0.304. The van der Waals surface area contributed by atoms with Crippen LogP contribution in [-0.4, -0.2) is 19.4 Å². The largest absolute Gasteiger partial charge is 0.280 e. The molecule has 2 rings (SSSR count). The van der Waals surface area contributed by atoms with Crippen LogP contribution >= 0.6 is 0 Å². The van der Waals surface area contributed by atoms with Crippen molar-refractivity contribution in [2.24, 2.45) is 0 Å². The van der Waals surface area contributed by atoms with Crippen LogP contribution in [0.1, 0.15) is 18.1 Å². The molecule has 0 spiro atoms. The molecule has 0 aliphatic heterocycles. The van der Waals surface area contributed by atoms with Gasteiger partial charge in [-0.05, 0) is 36.8 Å². The second-order valence-corrected chi connectivity index (χ2v) is 7.14. The number of nitrogens with one attached hydrogen (secondary N) is 1. The fourth-order valence-corrected chi connectivity index (χ4v) is 3.11. The Bertz CT molecular complexity index is 784. The van der Waals surface area contributed by atoms with Gasteiger partial charge in [0.05, 0.1) is 4.90 Å². The molecule has 2 aromatic rings. The summed E-state index contributed by atoms with van der Waals surface area (Å²) < 4.78 is 27.0. The first-order valence-electron chi connectivity index (χ1n) is 7.10. The van der Waals surface area contributed by atoms with Crippen molar-refractivity contribution in [3.8, 4) is 0 Å². The highest BCUT2D eigenvalue weighted by atomic mass is 32.2. The van der Waals surface area contributed by atoms with Gasteiger partial charge in [-0.15, -0.1) is 0 Å². The molecule has 122 valence electrons. The van der Waals surface area contributed by atoms with Gasteiger partial charge < -0.3 is 0 Å². The average Bonchev–Trinajstić information content (AvgIpc) is 2.49. The van der Waals surface area contributed by atoms with E-state index in [1.807, 2.05) is 6.92 Å². The summed E-state index contributed by atoms with van der Waals surface area (Å²) in [6.45, 7) is 3.42. The van der Waals surface area contributed by atoms with Gasteiger partial charge in [-0.1, -0.05) is 29.8 Å². The van der Waals surface area contributed by atoms with E-state index in [9.17, 15) is 18.5 Å². The molecule has 0 aliphatic carbocycles. The lowest BCUT2D eigenvalue weighted by Gasteiger charge is -2.09. The predicted molar refractivity (Wildman–Crippen MR) is 88.6 cm³/mol. The number of hydrogen-bond acceptors (Lipinski definition) is 4. The first-order chi connectivity index (χ1) is 10.8. The minimum absolute atomic E-state index is 0.189. The monoisotopic (exact) mass is 334 g/mol. The Labute approximate surface area is 135 Å². The maximum Gasteiger partial charge on any atom is 0.261 e. The number of benzene rings is 2. The van der Waals surface area contributed by atoms with Crippen molar-refractivity contribution in [1.29, 1.82) is 0 Å². The van der Waals surface area contributed by atoms with Gasteiger partial charge in [0, 0.05) is 24.0 Å². The third-order valence-electron chi connectivity index (χ3n) is 3.43. The third kappa shape index (κ3) is 4.53. The molecule has 0 aromatic heterocycles. The molecule has 2 aromatic carbocycles. The summed E-state index contributed by atoms with van der Waals surface area (Å²) in [5, 5.41) is 10.7. The van der Waals surface area contributed by atoms with Gasteiger partial charge in [-0.2, -0.15) is 0 Å². The van der Waals surface area contributed by atoms with E-state index in [0.29, 0.717) is 12.1 Å². The lowest BCUT2D eigenvalue weighted by atomic mass is 10.1. The van der Waals surface area contributed by atoms with E-state index in [0.717, 1.165) is 11.1 Å². The highest BCUT2D eigenvalue weighted by Crippen LogP contribution is 2.18. The predicted octanol–water partition coefficient (Wildman–Crippen LogP) is 3.00. The molecule has 1 unspecified atom stereocenters. The van der Waals surface area contributed by atoms with Crippen LogP contribution in [0.3, 0.4) is 0 Å². The molecule has 0 bridgehead atoms. The minimum atomic E-state index is -3.64. The third-order valence-corrected chi connectivity index (χ3v) is 4.83. The fraction of sp³-hybridized carbons (Fsp3) is 0.250. The van der Waals surface area contributed by atoms with Crippen LogP contribution in [0, 0.1) is 17.0 Å². The van der Waals surface area contributed by atoms with Crippen LogP contribution in [0.5, 0.6) is 0 Å². The average molecular weight is 334 g/mol. The van der Waals surface area contributed by atoms with E-state index >= 15 is 0 Å². The number of rotatable bonds is 6. The zero-order valence-electron chi connectivity index (χ0n) is 12.9. The molecule has 0 heterocycles. The molecule has 23 heavy (non-hydrogen) atoms. The van der Waals surface area contributed by atoms with Gasteiger partial charge in [0.15, 0.2) is 0 Å². The Morgan fingerprint density at radius 1 is 1.09 bits per heavy atom. The molecule has 0 amide bonds. The van der Waals surface area contributed by atoms with Crippen LogP contribution in [0.25, 0.3) is 0 Å². The Balaban J connectivity index is 2.11. The Morgan fingerprint density at radius 3 is 2.17 bits per heavy atom. The molecule has 6 nitrogen and oxygen atoms in total. The number of hydrogen-bond donors (Lipinski definition) is 1. The van der Waals surface area contributed by atoms with Crippen molar-refractivity contribution < 1.29 is 13.3 Å². The lowest BCUT2D eigenvalue weighted by Crippen LogP contribution is -2.17. The van der Waals surface area contributed by atoms with E-state index in [-0.39, 0.29) is 9.82 Å². The number of anilines is 1. The standard InChI is InChI=1S/C16H18N2O4S/c1-12-3-9-16(10-4-12)23(21,22)17-15-7-5-14(6-8-15)11-13(2)18(19)20/h3-10,13,17H,11H2,1-2H3. The van der Waals surface area contributed by atoms with Crippen LogP contribution < -0.4 is 4.72 Å². The van der Waals surface area contributed by atoms with Gasteiger partial charge >= 0.3 is 0 Å². The van der Waals surface area contributed by atoms with Gasteiger partial charge in [0.25, 0.3) is 10.0 Å². The summed E-state index contributed by atoms with van der Waals surface area (Å²) in [6, 6.07) is 12.5. The van der Waals surface area contributed by atoms with Crippen molar-refractivity contribution in [2.75, 3.05) is 4.72 Å². The normalized spacial score (nSPS) is 12.6. The molecule has 1 N–H and O–H groups in total. The molecular weight excluding hydrogens is 316 g/mol. The molecule has 0 aliphatic rings. The molecule has 7 heteroatoms. The number of aryl methyl sites for hydroxylation is 1. The van der Waals surface area contributed by atoms with Gasteiger partial charge in [-0.25, -0.2) is 8.42 Å². The summed E-state index contributed by atoms with van der Waals surface area (Å²) in [5.41, 5.74) is 2.18. The summed E-state index contributed by atoms with van der Waals surface area (Å²) in [7, 11) is -3.64. The van der Waals surface area contributed by atoms with Crippen LogP contribution in [-0.2, 0) is 16.4 Å². The molecule has 0 saturated carbocycles. The fourth-order valence-electron chi connectivity index (χ4n) is 2.06. The SMILES string of the molecule is Cc1ccc(S(=O)(=O)Nc2ccc(CC(C)[N+](=O)[O-])cc2)cc1. The molecule has 0 fully saturated rings. The van der Waals surface area contributed by atoms with Crippen LogP contribution in [0.4, 0.5) is 5.69 Å². The zero-order valence-corrected chi connectivity index (χ0v) is 13.7. The Morgan fingerprint density at radius 2 is 1.65 bits per heavy atom. The van der Waals surface area contributed by atoms with Crippen molar-refractivity contribution in [2.45, 2.75) is 31.2 Å². The zero-order chi connectivity index (χ0) is 17.0. The maximum atomic E-state index is 12.3. The van der Waals surface area contributed by atoms with Gasteiger partial charge in [0.2, 0.25) is 6.04 Å². The Kier molecular flexibility index (Phi) is 5.00. The highest BCUT2D eigenvalue weighted by Gasteiger charge is 2.15. The van der Waals surface area contributed by atoms with E-state index in [2.05, 4.69) is 4.72 Å². The van der Waals surface area contributed by atoms with Crippen molar-refractivity contribution >= 4 is 15.7 Å².